The summed E-state index contributed by atoms with van der Waals surface area (Å²) in [5, 5.41) is 5.09. The van der Waals surface area contributed by atoms with E-state index in [-0.39, 0.29) is 18.1 Å². The van der Waals surface area contributed by atoms with Crippen molar-refractivity contribution in [2.45, 2.75) is 30.1 Å². The largest absolute Gasteiger partial charge is 0.318 e. The molecule has 4 N–H and O–H groups in total. The van der Waals surface area contributed by atoms with Crippen LogP contribution in [-0.4, -0.2) is 24.5 Å². The maximum absolute atomic E-state index is 12.0. The highest BCUT2D eigenvalue weighted by Gasteiger charge is 2.69. The molecule has 0 aromatic heterocycles. The molecule has 0 spiro atoms. The molecule has 0 radical (unpaired) electrons. The monoisotopic (exact) mass is 244 g/mol. The lowest BCUT2D eigenvalue weighted by molar-refractivity contribution is -0.122. The third-order valence-corrected chi connectivity index (χ3v) is 5.71. The molecule has 0 saturated heterocycles. The van der Waals surface area contributed by atoms with Gasteiger partial charge >= 0.3 is 0 Å². The van der Waals surface area contributed by atoms with Gasteiger partial charge in [0, 0.05) is 11.8 Å². The molecule has 4 atom stereocenters. The molecule has 0 aromatic carbocycles. The summed E-state index contributed by atoms with van der Waals surface area (Å²) >= 11 is 0. The minimum absolute atomic E-state index is 0.0228. The summed E-state index contributed by atoms with van der Waals surface area (Å²) in [5.41, 5.74) is 5.00. The topological polar surface area (TPSA) is 103 Å². The number of ketones is 1. The number of carbonyl (C=O) groups is 1. The van der Waals surface area contributed by atoms with Gasteiger partial charge in [-0.3, -0.25) is 4.79 Å². The summed E-state index contributed by atoms with van der Waals surface area (Å²) in [6.07, 6.45) is 2.49. The normalized spacial score (nSPS) is 46.2. The first kappa shape index (κ1) is 11.8. The van der Waals surface area contributed by atoms with E-state index >= 15 is 0 Å². The van der Waals surface area contributed by atoms with Crippen LogP contribution in [0.15, 0.2) is 12.7 Å². The highest BCUT2D eigenvalue weighted by molar-refractivity contribution is 7.90. The Morgan fingerprint density at radius 1 is 1.50 bits per heavy atom. The van der Waals surface area contributed by atoms with Crippen LogP contribution in [0.3, 0.4) is 0 Å². The lowest BCUT2D eigenvalue weighted by Gasteiger charge is -2.12. The van der Waals surface area contributed by atoms with Crippen molar-refractivity contribution in [3.63, 3.8) is 0 Å². The van der Waals surface area contributed by atoms with Crippen molar-refractivity contribution in [3.8, 4) is 0 Å². The van der Waals surface area contributed by atoms with Crippen molar-refractivity contribution in [1.29, 1.82) is 0 Å². The van der Waals surface area contributed by atoms with Gasteiger partial charge in [-0.2, -0.15) is 0 Å². The van der Waals surface area contributed by atoms with Crippen LogP contribution in [0.4, 0.5) is 0 Å². The van der Waals surface area contributed by atoms with E-state index in [0.29, 0.717) is 6.42 Å². The highest BCUT2D eigenvalue weighted by Crippen LogP contribution is 2.55. The van der Waals surface area contributed by atoms with Crippen molar-refractivity contribution in [2.24, 2.45) is 22.7 Å². The van der Waals surface area contributed by atoms with E-state index in [1.165, 1.54) is 6.92 Å². The van der Waals surface area contributed by atoms with Crippen LogP contribution in [0.25, 0.3) is 0 Å². The third-order valence-electron chi connectivity index (χ3n) is 3.96. The van der Waals surface area contributed by atoms with Crippen molar-refractivity contribution < 1.29 is 13.2 Å². The minimum Gasteiger partial charge on any atom is -0.318 e. The smallest absolute Gasteiger partial charge is 0.215 e. The second-order valence-corrected chi connectivity index (χ2v) is 7.09. The van der Waals surface area contributed by atoms with Gasteiger partial charge in [0.05, 0.1) is 10.3 Å². The second-order valence-electron chi connectivity index (χ2n) is 5.07. The van der Waals surface area contributed by atoms with E-state index in [1.807, 2.05) is 0 Å². The number of hydrogen-bond donors (Lipinski definition) is 2. The van der Waals surface area contributed by atoms with E-state index < -0.39 is 26.2 Å². The zero-order valence-electron chi connectivity index (χ0n) is 9.14. The molecular formula is C10H16N2O3S. The van der Waals surface area contributed by atoms with E-state index in [0.717, 1.165) is 0 Å². The molecule has 16 heavy (non-hydrogen) atoms. The summed E-state index contributed by atoms with van der Waals surface area (Å²) < 4.78 is 21.5. The molecule has 0 aliphatic heterocycles. The van der Waals surface area contributed by atoms with Crippen LogP contribution < -0.4 is 10.9 Å². The van der Waals surface area contributed by atoms with Crippen molar-refractivity contribution in [2.75, 3.05) is 0 Å². The molecule has 5 nitrogen and oxygen atoms in total. The fourth-order valence-corrected chi connectivity index (χ4v) is 3.14. The SMILES string of the molecule is C=CC1CC1(N)C(=O)[C@H]1C[C@@]1(C)S(N)(=O)=O. The molecule has 0 amide bonds. The Balaban J connectivity index is 2.15. The summed E-state index contributed by atoms with van der Waals surface area (Å²) in [6.45, 7) is 5.09. The maximum Gasteiger partial charge on any atom is 0.215 e. The fraction of sp³-hybridized carbons (Fsp3) is 0.700. The Bertz CT molecular complexity index is 472. The van der Waals surface area contributed by atoms with Crippen LogP contribution in [0, 0.1) is 11.8 Å². The summed E-state index contributed by atoms with van der Waals surface area (Å²) in [4.78, 5) is 12.0. The van der Waals surface area contributed by atoms with Crippen molar-refractivity contribution in [1.82, 2.24) is 0 Å². The molecule has 0 aromatic rings. The van der Waals surface area contributed by atoms with Gasteiger partial charge < -0.3 is 5.73 Å². The molecule has 2 aliphatic carbocycles. The van der Waals surface area contributed by atoms with Gasteiger partial charge in [0.15, 0.2) is 5.78 Å². The zero-order chi connectivity index (χ0) is 12.4. The minimum atomic E-state index is -3.68. The number of primary sulfonamides is 1. The van der Waals surface area contributed by atoms with Crippen LogP contribution in [0.1, 0.15) is 19.8 Å². The molecule has 6 heteroatoms. The first-order chi connectivity index (χ1) is 7.17. The summed E-state index contributed by atoms with van der Waals surface area (Å²) in [7, 11) is -3.68. The molecule has 0 bridgehead atoms. The first-order valence-corrected chi connectivity index (χ1v) is 6.69. The number of hydrogen-bond acceptors (Lipinski definition) is 4. The van der Waals surface area contributed by atoms with Gasteiger partial charge in [-0.1, -0.05) is 6.08 Å². The average Bonchev–Trinajstić information content (AvgIpc) is 3.01. The average molecular weight is 244 g/mol. The second kappa shape index (κ2) is 2.94. The van der Waals surface area contributed by atoms with Crippen LogP contribution in [-0.2, 0) is 14.8 Å². The summed E-state index contributed by atoms with van der Waals surface area (Å²) in [5.74, 6) is -0.753. The Hall–Kier alpha value is -0.720. The predicted molar refractivity (Wildman–Crippen MR) is 59.8 cm³/mol. The first-order valence-electron chi connectivity index (χ1n) is 5.15. The lowest BCUT2D eigenvalue weighted by Crippen LogP contribution is -2.40. The van der Waals surface area contributed by atoms with Crippen LogP contribution in [0.5, 0.6) is 0 Å². The van der Waals surface area contributed by atoms with Crippen LogP contribution in [0.2, 0.25) is 0 Å². The molecule has 2 aliphatic rings. The number of sulfonamides is 1. The van der Waals surface area contributed by atoms with Gasteiger partial charge in [0.2, 0.25) is 10.0 Å². The molecule has 2 fully saturated rings. The molecule has 2 unspecified atom stereocenters. The van der Waals surface area contributed by atoms with Gasteiger partial charge in [0.25, 0.3) is 0 Å². The van der Waals surface area contributed by atoms with Gasteiger partial charge in [-0.05, 0) is 19.8 Å². The maximum atomic E-state index is 12.0. The highest BCUT2D eigenvalue weighted by atomic mass is 32.2. The molecular weight excluding hydrogens is 228 g/mol. The standard InChI is InChI=1S/C10H16N2O3S/c1-3-6-4-10(6,11)8(13)7-5-9(7,2)16(12,14)15/h3,6-7H,1,4-5,11H2,2H3,(H2,12,14,15)/t6?,7-,9-,10?/m1/s1. The number of nitrogens with two attached hydrogens (primary N) is 2. The molecule has 0 heterocycles. The predicted octanol–water partition coefficient (Wildman–Crippen LogP) is -0.474. The Kier molecular flexibility index (Phi) is 2.16. The van der Waals surface area contributed by atoms with Crippen LogP contribution >= 0.6 is 0 Å². The van der Waals surface area contributed by atoms with E-state index in [2.05, 4.69) is 6.58 Å². The van der Waals surface area contributed by atoms with Gasteiger partial charge in [0.1, 0.15) is 0 Å². The lowest BCUT2D eigenvalue weighted by atomic mass is 10.0. The number of rotatable bonds is 4. The Morgan fingerprint density at radius 2 is 2.06 bits per heavy atom. The molecule has 2 saturated carbocycles. The van der Waals surface area contributed by atoms with Crippen molar-refractivity contribution in [3.05, 3.63) is 12.7 Å². The quantitative estimate of drug-likeness (QED) is 0.652. The van der Waals surface area contributed by atoms with E-state index in [9.17, 15) is 13.2 Å². The summed E-state index contributed by atoms with van der Waals surface area (Å²) in [6, 6.07) is 0. The van der Waals surface area contributed by atoms with Crippen molar-refractivity contribution >= 4 is 15.8 Å². The number of carbonyl (C=O) groups excluding carboxylic acids is 1. The molecule has 2 rings (SSSR count). The zero-order valence-corrected chi connectivity index (χ0v) is 9.96. The van der Waals surface area contributed by atoms with E-state index in [4.69, 9.17) is 10.9 Å². The van der Waals surface area contributed by atoms with Gasteiger partial charge in [-0.25, -0.2) is 13.6 Å². The van der Waals surface area contributed by atoms with E-state index in [1.54, 1.807) is 6.08 Å². The Morgan fingerprint density at radius 3 is 2.38 bits per heavy atom. The number of Topliss-reactive ketones (excluding diaryl/α,β-unsaturated/α-hetero) is 1. The fourth-order valence-electron chi connectivity index (χ4n) is 2.24. The molecule has 90 valence electrons. The Labute approximate surface area is 94.9 Å². The third kappa shape index (κ3) is 1.37. The van der Waals surface area contributed by atoms with Gasteiger partial charge in [-0.15, -0.1) is 6.58 Å².